The van der Waals surface area contributed by atoms with Gasteiger partial charge in [-0.15, -0.1) is 0 Å². The lowest BCUT2D eigenvalue weighted by atomic mass is 9.94. The van der Waals surface area contributed by atoms with Gasteiger partial charge in [-0.25, -0.2) is 4.79 Å². The van der Waals surface area contributed by atoms with Crippen LogP contribution in [0.4, 0.5) is 0 Å². The molecule has 0 bridgehead atoms. The smallest absolute Gasteiger partial charge is 0.332 e. The second kappa shape index (κ2) is 39.2. The summed E-state index contributed by atoms with van der Waals surface area (Å²) in [7, 11) is 5.58. The van der Waals surface area contributed by atoms with Gasteiger partial charge in [-0.2, -0.15) is 0 Å². The van der Waals surface area contributed by atoms with Gasteiger partial charge in [0.2, 0.25) is 47.3 Å². The summed E-state index contributed by atoms with van der Waals surface area (Å²) in [6.45, 7) is 19.4. The van der Waals surface area contributed by atoms with Crippen molar-refractivity contribution in [2.24, 2.45) is 23.7 Å². The topological polar surface area (TPSA) is 264 Å². The van der Waals surface area contributed by atoms with Crippen LogP contribution >= 0.6 is 0 Å². The van der Waals surface area contributed by atoms with Crippen molar-refractivity contribution in [2.45, 2.75) is 265 Å². The molecule has 0 radical (unpaired) electrons. The van der Waals surface area contributed by atoms with E-state index in [0.717, 1.165) is 30.6 Å². The van der Waals surface area contributed by atoms with Crippen LogP contribution in [0.3, 0.4) is 0 Å². The van der Waals surface area contributed by atoms with Crippen LogP contribution in [0, 0.1) is 23.7 Å². The molecule has 11 atom stereocenters. The Bertz CT molecular complexity index is 2760. The Hall–Kier alpha value is -6.90. The summed E-state index contributed by atoms with van der Waals surface area (Å²) in [5, 5.41) is 23.6. The molecule has 2 aromatic carbocycles. The lowest BCUT2D eigenvalue weighted by Crippen LogP contribution is -2.63. The zero-order chi connectivity index (χ0) is 70.0. The Labute approximate surface area is 561 Å². The molecular formula is C73H117N9O12. The van der Waals surface area contributed by atoms with Gasteiger partial charge in [0.1, 0.15) is 42.3 Å². The predicted molar refractivity (Wildman–Crippen MR) is 365 cm³/mol. The first-order valence-corrected chi connectivity index (χ1v) is 35.1. The maximum atomic E-state index is 15.4. The maximum absolute atomic E-state index is 15.4. The number of cyclic esters (lactones) is 1. The highest BCUT2D eigenvalue weighted by molar-refractivity contribution is 5.99. The lowest BCUT2D eigenvalue weighted by Gasteiger charge is -2.39. The average Bonchev–Trinajstić information content (AvgIpc) is 1.27. The summed E-state index contributed by atoms with van der Waals surface area (Å²) in [5.74, 6) is -9.53. The number of hydrogen-bond acceptors (Lipinski definition) is 12. The number of rotatable bonds is 27. The van der Waals surface area contributed by atoms with Crippen molar-refractivity contribution in [3.05, 3.63) is 71.8 Å². The van der Waals surface area contributed by atoms with Gasteiger partial charge in [0.25, 0.3) is 5.91 Å². The lowest BCUT2D eigenvalue weighted by molar-refractivity contribution is -0.177. The molecule has 5 N–H and O–H groups in total. The normalized spacial score (nSPS) is 24.0. The Morgan fingerprint density at radius 1 is 0.574 bits per heavy atom. The monoisotopic (exact) mass is 1310 g/mol. The van der Waals surface area contributed by atoms with Gasteiger partial charge >= 0.3 is 5.97 Å². The van der Waals surface area contributed by atoms with Gasteiger partial charge in [0, 0.05) is 66.5 Å². The number of esters is 1. The number of aliphatic hydroxyl groups is 1. The Morgan fingerprint density at radius 3 is 1.55 bits per heavy atom. The molecule has 0 saturated carbocycles. The molecule has 0 aromatic heterocycles. The highest BCUT2D eigenvalue weighted by atomic mass is 16.6. The molecule has 2 saturated heterocycles. The van der Waals surface area contributed by atoms with E-state index >= 15 is 33.6 Å². The second-order valence-electron chi connectivity index (χ2n) is 27.8. The zero-order valence-corrected chi connectivity index (χ0v) is 59.5. The maximum Gasteiger partial charge on any atom is 0.332 e. The molecule has 94 heavy (non-hydrogen) atoms. The molecular weight excluding hydrogens is 1190 g/mol. The third-order valence-corrected chi connectivity index (χ3v) is 19.1. The van der Waals surface area contributed by atoms with Crippen molar-refractivity contribution in [3.63, 3.8) is 0 Å². The van der Waals surface area contributed by atoms with Crippen LogP contribution in [-0.2, 0) is 65.5 Å². The number of unbranched alkanes of at least 4 members (excludes halogenated alkanes) is 11. The van der Waals surface area contributed by atoms with E-state index in [-0.39, 0.29) is 44.6 Å². The highest BCUT2D eigenvalue weighted by Crippen LogP contribution is 2.28. The number of amides is 9. The molecule has 2 aliphatic rings. The molecule has 526 valence electrons. The van der Waals surface area contributed by atoms with Gasteiger partial charge in [-0.1, -0.05) is 200 Å². The van der Waals surface area contributed by atoms with Crippen LogP contribution in [0.2, 0.25) is 0 Å². The van der Waals surface area contributed by atoms with Crippen LogP contribution in [0.15, 0.2) is 60.7 Å². The number of nitrogens with one attached hydrogen (secondary N) is 4. The number of ether oxygens (including phenoxy) is 1. The molecule has 2 heterocycles. The van der Waals surface area contributed by atoms with Gasteiger partial charge < -0.3 is 55.6 Å². The van der Waals surface area contributed by atoms with Crippen LogP contribution in [0.5, 0.6) is 0 Å². The molecule has 2 aromatic rings. The van der Waals surface area contributed by atoms with E-state index < -0.39 is 137 Å². The van der Waals surface area contributed by atoms with E-state index in [4.69, 9.17) is 4.74 Å². The third kappa shape index (κ3) is 23.2. The largest absolute Gasteiger partial charge is 0.450 e. The number of fused-ring (bicyclic) bond motifs is 1. The molecule has 9 amide bonds. The minimum atomic E-state index is -2.06. The SMILES string of the molecule is CCCCCCCCCCCCCCNC(=O)CC[C@@H]1NC(=O)[C@H](C(C)C)N(C)C(=O)[C@H]([C@H](C)CC)NC(=O)[C@@H]2CCCN2C(=O)[C@H](Cc2ccccc2)N(C)C(=O)[C@H](Cc2ccccc2)NC(=O)[C@H](C(C)C)N(C)C(=O)[C@@H]([C@H](C)CC)OC(=O)[C@H](C(C)(C)O)N(C)C1=O. The first kappa shape index (κ1) is 79.5. The zero-order valence-electron chi connectivity index (χ0n) is 59.5. The van der Waals surface area contributed by atoms with Gasteiger partial charge in [-0.3, -0.25) is 43.2 Å². The number of hydrogen-bond donors (Lipinski definition) is 5. The average molecular weight is 1310 g/mol. The van der Waals surface area contributed by atoms with Gasteiger partial charge in [0.15, 0.2) is 12.1 Å². The molecule has 0 aliphatic carbocycles. The molecule has 0 unspecified atom stereocenters. The Kier molecular flexibility index (Phi) is 33.2. The fourth-order valence-corrected chi connectivity index (χ4v) is 13.1. The van der Waals surface area contributed by atoms with Crippen LogP contribution in [0.1, 0.15) is 203 Å². The molecule has 21 nitrogen and oxygen atoms in total. The molecule has 0 spiro atoms. The van der Waals surface area contributed by atoms with E-state index in [1.807, 2.05) is 43.3 Å². The van der Waals surface area contributed by atoms with E-state index in [2.05, 4.69) is 28.2 Å². The quantitative estimate of drug-likeness (QED) is 0.0422. The number of nitrogens with zero attached hydrogens (tertiary/aromatic N) is 5. The van der Waals surface area contributed by atoms with Crippen molar-refractivity contribution < 1.29 is 57.8 Å². The fourth-order valence-electron chi connectivity index (χ4n) is 13.1. The fraction of sp³-hybridized carbons (Fsp3) is 0.699. The van der Waals surface area contributed by atoms with Crippen molar-refractivity contribution in [1.29, 1.82) is 0 Å². The van der Waals surface area contributed by atoms with Crippen molar-refractivity contribution in [1.82, 2.24) is 45.8 Å². The summed E-state index contributed by atoms with van der Waals surface area (Å²) in [5.41, 5.74) is -0.666. The van der Waals surface area contributed by atoms with Crippen molar-refractivity contribution >= 4 is 59.1 Å². The predicted octanol–water partition coefficient (Wildman–Crippen LogP) is 7.92. The number of carbonyl (C=O) groups excluding carboxylic acids is 10. The van der Waals surface area contributed by atoms with Crippen molar-refractivity contribution in [2.75, 3.05) is 41.3 Å². The van der Waals surface area contributed by atoms with E-state index in [0.29, 0.717) is 36.9 Å². The Morgan fingerprint density at radius 2 is 1.05 bits per heavy atom. The molecule has 2 fully saturated rings. The number of carbonyl (C=O) groups is 10. The second-order valence-corrected chi connectivity index (χ2v) is 27.8. The molecule has 21 heteroatoms. The summed E-state index contributed by atoms with van der Waals surface area (Å²) < 4.78 is 6.16. The first-order valence-electron chi connectivity index (χ1n) is 35.1. The molecule has 2 aliphatic heterocycles. The summed E-state index contributed by atoms with van der Waals surface area (Å²) in [4.78, 5) is 156. The third-order valence-electron chi connectivity index (χ3n) is 19.1. The summed E-state index contributed by atoms with van der Waals surface area (Å²) >= 11 is 0. The van der Waals surface area contributed by atoms with Crippen LogP contribution in [-0.4, -0.2) is 190 Å². The van der Waals surface area contributed by atoms with Crippen molar-refractivity contribution in [3.8, 4) is 0 Å². The van der Waals surface area contributed by atoms with Crippen LogP contribution in [0.25, 0.3) is 0 Å². The summed E-state index contributed by atoms with van der Waals surface area (Å²) in [6, 6.07) is 7.43. The van der Waals surface area contributed by atoms with Gasteiger partial charge in [0.05, 0.1) is 5.60 Å². The molecule has 4 rings (SSSR count). The Balaban J connectivity index is 1.85. The minimum absolute atomic E-state index is 0.0251. The van der Waals surface area contributed by atoms with E-state index in [1.165, 1.54) is 113 Å². The standard InChI is InChI=1S/C73H117N9O12/c1-16-19-20-21-22-23-24-25-26-27-28-35-44-74-58(83)43-42-54-67(87)81(15)63(73(10,11)93)72(92)94-62(51(9)18-3)71(91)80(14)61(49(6)7)66(86)76-55(46-52-37-31-29-32-38-52)68(88)78(12)57(47-53-39-33-30-34-40-53)69(89)82-45-36-41-56(82)64(84)77-59(50(8)17-2)70(90)79(13)60(48(4)5)65(85)75-54/h29-34,37-40,48-51,54-57,59-63,93H,16-28,35-36,41-47H2,1-15H3,(H,74,83)(H,75,85)(H,76,86)(H,77,84)/t50-,51-,54+,55+,56+,57+,59+,60+,61+,62-,63-/m1/s1. The number of likely N-dealkylation sites (N-methyl/N-ethyl adjacent to an activating group) is 4. The van der Waals surface area contributed by atoms with E-state index in [9.17, 15) is 19.5 Å². The first-order chi connectivity index (χ1) is 44.5. The van der Waals surface area contributed by atoms with E-state index in [1.54, 1.807) is 72.7 Å². The highest BCUT2D eigenvalue weighted by Gasteiger charge is 2.48. The van der Waals surface area contributed by atoms with Crippen LogP contribution < -0.4 is 21.3 Å². The minimum Gasteiger partial charge on any atom is -0.450 e. The van der Waals surface area contributed by atoms with Gasteiger partial charge in [-0.05, 0) is 74.8 Å². The number of benzene rings is 2. The summed E-state index contributed by atoms with van der Waals surface area (Å²) in [6.07, 6.45) is 13.1.